The first-order valence-corrected chi connectivity index (χ1v) is 6.23. The van der Waals surface area contributed by atoms with Crippen LogP contribution in [0.1, 0.15) is 21.7 Å². The summed E-state index contributed by atoms with van der Waals surface area (Å²) in [4.78, 5) is 16.5. The molecular formula is C16H13NO3. The number of para-hydroxylation sites is 1. The van der Waals surface area contributed by atoms with Crippen LogP contribution in [-0.2, 0) is 0 Å². The topological polar surface area (TPSA) is 52.3 Å². The molecule has 100 valence electrons. The Morgan fingerprint density at radius 2 is 2.10 bits per heavy atom. The van der Waals surface area contributed by atoms with E-state index >= 15 is 0 Å². The molecule has 4 heteroatoms. The van der Waals surface area contributed by atoms with Crippen LogP contribution in [0.2, 0.25) is 0 Å². The number of carbonyl (C=O) groups excluding carboxylic acids is 1. The van der Waals surface area contributed by atoms with Gasteiger partial charge in [0.1, 0.15) is 5.58 Å². The molecule has 2 aromatic heterocycles. The number of aryl methyl sites for hydroxylation is 1. The van der Waals surface area contributed by atoms with Crippen LogP contribution in [-0.4, -0.2) is 17.9 Å². The Kier molecular flexibility index (Phi) is 2.99. The molecule has 0 N–H and O–H groups in total. The van der Waals surface area contributed by atoms with Crippen LogP contribution in [0.3, 0.4) is 0 Å². The first-order valence-electron chi connectivity index (χ1n) is 6.23. The maximum atomic E-state index is 12.5. The number of hydrogen-bond acceptors (Lipinski definition) is 4. The van der Waals surface area contributed by atoms with Gasteiger partial charge < -0.3 is 9.15 Å². The standard InChI is InChI=1S/C16H13NO3/c1-10-5-3-6-11-9-13(20-15(10)11)14(18)12-7-4-8-17-16(12)19-2/h3-9H,1-2H3. The fraction of sp³-hybridized carbons (Fsp3) is 0.125. The molecule has 0 aliphatic rings. The lowest BCUT2D eigenvalue weighted by atomic mass is 10.1. The molecule has 0 amide bonds. The lowest BCUT2D eigenvalue weighted by molar-refractivity contribution is 0.101. The third-order valence-corrected chi connectivity index (χ3v) is 3.17. The summed E-state index contributed by atoms with van der Waals surface area (Å²) in [7, 11) is 1.49. The molecule has 0 saturated heterocycles. The van der Waals surface area contributed by atoms with Gasteiger partial charge in [-0.25, -0.2) is 4.98 Å². The van der Waals surface area contributed by atoms with Crippen molar-refractivity contribution >= 4 is 16.8 Å². The molecule has 0 saturated carbocycles. The predicted molar refractivity (Wildman–Crippen MR) is 75.2 cm³/mol. The molecule has 0 radical (unpaired) electrons. The number of ketones is 1. The molecular weight excluding hydrogens is 254 g/mol. The Labute approximate surface area is 116 Å². The molecule has 0 aliphatic carbocycles. The maximum absolute atomic E-state index is 12.5. The molecule has 0 spiro atoms. The minimum absolute atomic E-state index is 0.231. The van der Waals surface area contributed by atoms with E-state index < -0.39 is 0 Å². The van der Waals surface area contributed by atoms with Gasteiger partial charge in [0.15, 0.2) is 5.76 Å². The smallest absolute Gasteiger partial charge is 0.233 e. The third kappa shape index (κ3) is 1.95. The highest BCUT2D eigenvalue weighted by molar-refractivity contribution is 6.10. The van der Waals surface area contributed by atoms with Crippen molar-refractivity contribution < 1.29 is 13.9 Å². The average Bonchev–Trinajstić information content (AvgIpc) is 2.92. The van der Waals surface area contributed by atoms with Crippen LogP contribution in [0.4, 0.5) is 0 Å². The molecule has 0 aliphatic heterocycles. The summed E-state index contributed by atoms with van der Waals surface area (Å²) in [5.41, 5.74) is 2.13. The Hall–Kier alpha value is -2.62. The fourth-order valence-electron chi connectivity index (χ4n) is 2.18. The number of fused-ring (bicyclic) bond motifs is 1. The van der Waals surface area contributed by atoms with E-state index in [4.69, 9.17) is 9.15 Å². The summed E-state index contributed by atoms with van der Waals surface area (Å²) in [5.74, 6) is 0.362. The second-order valence-corrected chi connectivity index (χ2v) is 4.49. The lowest BCUT2D eigenvalue weighted by Crippen LogP contribution is -2.03. The Bertz CT molecular complexity index is 789. The molecule has 0 atom stereocenters. The predicted octanol–water partition coefficient (Wildman–Crippen LogP) is 3.38. The van der Waals surface area contributed by atoms with Crippen molar-refractivity contribution in [1.82, 2.24) is 4.98 Å². The van der Waals surface area contributed by atoms with Gasteiger partial charge in [-0.05, 0) is 30.7 Å². The largest absolute Gasteiger partial charge is 0.480 e. The minimum atomic E-state index is -0.231. The molecule has 0 bridgehead atoms. The van der Waals surface area contributed by atoms with Crippen molar-refractivity contribution in [2.24, 2.45) is 0 Å². The summed E-state index contributed by atoms with van der Waals surface area (Å²) in [6, 6.07) is 10.9. The second kappa shape index (κ2) is 4.81. The number of pyridine rings is 1. The fourth-order valence-corrected chi connectivity index (χ4v) is 2.18. The molecule has 3 rings (SSSR count). The van der Waals surface area contributed by atoms with Crippen molar-refractivity contribution in [3.63, 3.8) is 0 Å². The van der Waals surface area contributed by atoms with Gasteiger partial charge in [0.25, 0.3) is 0 Å². The van der Waals surface area contributed by atoms with Crippen LogP contribution >= 0.6 is 0 Å². The van der Waals surface area contributed by atoms with Crippen LogP contribution in [0.5, 0.6) is 5.88 Å². The summed E-state index contributed by atoms with van der Waals surface area (Å²) in [6.07, 6.45) is 1.58. The molecule has 2 heterocycles. The van der Waals surface area contributed by atoms with E-state index in [0.717, 1.165) is 16.5 Å². The van der Waals surface area contributed by atoms with E-state index in [1.54, 1.807) is 24.4 Å². The number of rotatable bonds is 3. The van der Waals surface area contributed by atoms with Crippen LogP contribution in [0, 0.1) is 6.92 Å². The van der Waals surface area contributed by atoms with E-state index in [1.807, 2.05) is 25.1 Å². The van der Waals surface area contributed by atoms with Gasteiger partial charge in [-0.2, -0.15) is 0 Å². The summed E-state index contributed by atoms with van der Waals surface area (Å²) in [5, 5.41) is 0.913. The number of benzene rings is 1. The van der Waals surface area contributed by atoms with Crippen molar-refractivity contribution in [2.75, 3.05) is 7.11 Å². The summed E-state index contributed by atoms with van der Waals surface area (Å²) >= 11 is 0. The van der Waals surface area contributed by atoms with Gasteiger partial charge >= 0.3 is 0 Å². The number of nitrogens with zero attached hydrogens (tertiary/aromatic N) is 1. The second-order valence-electron chi connectivity index (χ2n) is 4.49. The third-order valence-electron chi connectivity index (χ3n) is 3.17. The van der Waals surface area contributed by atoms with Gasteiger partial charge in [-0.3, -0.25) is 4.79 Å². The Balaban J connectivity index is 2.11. The van der Waals surface area contributed by atoms with E-state index in [9.17, 15) is 4.79 Å². The number of methoxy groups -OCH3 is 1. The quantitative estimate of drug-likeness (QED) is 0.683. The van der Waals surface area contributed by atoms with Gasteiger partial charge in [0.2, 0.25) is 11.7 Å². The summed E-state index contributed by atoms with van der Waals surface area (Å²) in [6.45, 7) is 1.95. The number of hydrogen-bond donors (Lipinski definition) is 0. The normalized spacial score (nSPS) is 10.7. The molecule has 0 fully saturated rings. The molecule has 4 nitrogen and oxygen atoms in total. The highest BCUT2D eigenvalue weighted by Gasteiger charge is 2.19. The van der Waals surface area contributed by atoms with Gasteiger partial charge in [-0.1, -0.05) is 18.2 Å². The number of ether oxygens (including phenoxy) is 1. The maximum Gasteiger partial charge on any atom is 0.233 e. The highest BCUT2D eigenvalue weighted by atomic mass is 16.5. The Morgan fingerprint density at radius 3 is 2.85 bits per heavy atom. The molecule has 20 heavy (non-hydrogen) atoms. The van der Waals surface area contributed by atoms with E-state index in [-0.39, 0.29) is 5.78 Å². The first-order chi connectivity index (χ1) is 9.70. The molecule has 1 aromatic carbocycles. The van der Waals surface area contributed by atoms with Crippen LogP contribution in [0.25, 0.3) is 11.0 Å². The highest BCUT2D eigenvalue weighted by Crippen LogP contribution is 2.26. The number of carbonyl (C=O) groups is 1. The monoisotopic (exact) mass is 267 g/mol. The zero-order valence-electron chi connectivity index (χ0n) is 11.2. The van der Waals surface area contributed by atoms with Crippen molar-refractivity contribution in [2.45, 2.75) is 6.92 Å². The zero-order valence-corrected chi connectivity index (χ0v) is 11.2. The van der Waals surface area contributed by atoms with E-state index in [0.29, 0.717) is 17.2 Å². The van der Waals surface area contributed by atoms with Gasteiger partial charge in [0.05, 0.1) is 12.7 Å². The van der Waals surface area contributed by atoms with Gasteiger partial charge in [0, 0.05) is 11.6 Å². The van der Waals surface area contributed by atoms with Crippen molar-refractivity contribution in [1.29, 1.82) is 0 Å². The first kappa shape index (κ1) is 12.4. The minimum Gasteiger partial charge on any atom is -0.480 e. The van der Waals surface area contributed by atoms with Crippen molar-refractivity contribution in [3.05, 3.63) is 59.5 Å². The SMILES string of the molecule is COc1ncccc1C(=O)c1cc2cccc(C)c2o1. The van der Waals surface area contributed by atoms with Crippen molar-refractivity contribution in [3.8, 4) is 5.88 Å². The summed E-state index contributed by atoms with van der Waals surface area (Å²) < 4.78 is 10.8. The molecule has 0 unspecified atom stereocenters. The number of furan rings is 1. The zero-order chi connectivity index (χ0) is 14.1. The van der Waals surface area contributed by atoms with Gasteiger partial charge in [-0.15, -0.1) is 0 Å². The van der Waals surface area contributed by atoms with E-state index in [2.05, 4.69) is 4.98 Å². The average molecular weight is 267 g/mol. The van der Waals surface area contributed by atoms with Crippen LogP contribution in [0.15, 0.2) is 47.0 Å². The number of aromatic nitrogens is 1. The van der Waals surface area contributed by atoms with Crippen LogP contribution < -0.4 is 4.74 Å². The van der Waals surface area contributed by atoms with E-state index in [1.165, 1.54) is 7.11 Å². The Morgan fingerprint density at radius 1 is 1.25 bits per heavy atom. The lowest BCUT2D eigenvalue weighted by Gasteiger charge is -2.03. The molecule has 3 aromatic rings.